The van der Waals surface area contributed by atoms with Gasteiger partial charge in [-0.2, -0.15) is 0 Å². The minimum atomic E-state index is -1.98. The van der Waals surface area contributed by atoms with Crippen molar-refractivity contribution in [2.75, 3.05) is 0 Å². The van der Waals surface area contributed by atoms with Crippen LogP contribution in [0.15, 0.2) is 18.2 Å². The van der Waals surface area contributed by atoms with Crippen molar-refractivity contribution in [2.24, 2.45) is 0 Å². The molecule has 9 heteroatoms. The largest absolute Gasteiger partial charge is 0.488 e. The zero-order valence-electron chi connectivity index (χ0n) is 7.23. The molecule has 0 saturated heterocycles. The van der Waals surface area contributed by atoms with E-state index in [9.17, 15) is 20.2 Å². The highest BCUT2D eigenvalue weighted by Crippen LogP contribution is 2.17. The van der Waals surface area contributed by atoms with Gasteiger partial charge in [0, 0.05) is 12.1 Å². The summed E-state index contributed by atoms with van der Waals surface area (Å²) >= 11 is 0. The smallest absolute Gasteiger partial charge is 0.423 e. The number of nitro groups is 2. The van der Waals surface area contributed by atoms with E-state index in [1.807, 2.05) is 0 Å². The second kappa shape index (κ2) is 4.03. The lowest BCUT2D eigenvalue weighted by atomic mass is 9.80. The average Bonchev–Trinajstić information content (AvgIpc) is 2.16. The van der Waals surface area contributed by atoms with Crippen LogP contribution in [0.3, 0.4) is 0 Å². The molecule has 0 aliphatic carbocycles. The van der Waals surface area contributed by atoms with Crippen LogP contribution in [-0.4, -0.2) is 27.0 Å². The van der Waals surface area contributed by atoms with Crippen LogP contribution in [0.1, 0.15) is 0 Å². The first kappa shape index (κ1) is 11.1. The molecule has 0 atom stereocenters. The van der Waals surface area contributed by atoms with Gasteiger partial charge in [-0.3, -0.25) is 20.2 Å². The van der Waals surface area contributed by atoms with Crippen LogP contribution >= 0.6 is 0 Å². The van der Waals surface area contributed by atoms with Crippen LogP contribution in [0.5, 0.6) is 0 Å². The van der Waals surface area contributed by atoms with Crippen molar-refractivity contribution in [1.29, 1.82) is 0 Å². The van der Waals surface area contributed by atoms with E-state index in [-0.39, 0.29) is 5.46 Å². The molecular weight excluding hydrogens is 207 g/mol. The highest BCUT2D eigenvalue weighted by Gasteiger charge is 2.21. The van der Waals surface area contributed by atoms with Crippen molar-refractivity contribution in [3.05, 3.63) is 38.4 Å². The van der Waals surface area contributed by atoms with Gasteiger partial charge >= 0.3 is 7.12 Å². The summed E-state index contributed by atoms with van der Waals surface area (Å²) in [6.07, 6.45) is 0. The summed E-state index contributed by atoms with van der Waals surface area (Å²) in [5.41, 5.74) is -1.42. The normalized spacial score (nSPS) is 9.73. The SMILES string of the molecule is O=[N+]([O-])c1cc(B(O)O)cc([N+](=O)[O-])c1. The molecule has 0 heterocycles. The van der Waals surface area contributed by atoms with Crippen molar-refractivity contribution in [3.63, 3.8) is 0 Å². The fraction of sp³-hybridized carbons (Fsp3) is 0. The summed E-state index contributed by atoms with van der Waals surface area (Å²) in [4.78, 5) is 19.0. The number of non-ortho nitro benzene ring substituents is 2. The monoisotopic (exact) mass is 212 g/mol. The molecule has 0 fully saturated rings. The Bertz CT molecular complexity index is 388. The Labute approximate surface area is 83.2 Å². The molecular formula is C6H5BN2O6. The molecule has 0 spiro atoms. The molecule has 1 rings (SSSR count). The Kier molecular flexibility index (Phi) is 2.97. The van der Waals surface area contributed by atoms with Gasteiger partial charge in [0.1, 0.15) is 0 Å². The maximum Gasteiger partial charge on any atom is 0.488 e. The predicted octanol–water partition coefficient (Wildman–Crippen LogP) is -0.817. The predicted molar refractivity (Wildman–Crippen MR) is 49.6 cm³/mol. The van der Waals surface area contributed by atoms with E-state index in [4.69, 9.17) is 10.0 Å². The van der Waals surface area contributed by atoms with E-state index in [0.29, 0.717) is 0 Å². The summed E-state index contributed by atoms with van der Waals surface area (Å²) in [5.74, 6) is 0. The Hall–Kier alpha value is -2.00. The Morgan fingerprint density at radius 3 is 1.67 bits per heavy atom. The molecule has 8 nitrogen and oxygen atoms in total. The molecule has 0 unspecified atom stereocenters. The summed E-state index contributed by atoms with van der Waals surface area (Å²) in [5, 5.41) is 38.2. The summed E-state index contributed by atoms with van der Waals surface area (Å²) in [6, 6.07) is 2.46. The molecule has 0 aliphatic heterocycles. The molecule has 2 N–H and O–H groups in total. The molecule has 0 bridgehead atoms. The Morgan fingerprint density at radius 1 is 1.00 bits per heavy atom. The van der Waals surface area contributed by atoms with Gasteiger partial charge < -0.3 is 10.0 Å². The van der Waals surface area contributed by atoms with Crippen LogP contribution in [0.25, 0.3) is 0 Å². The number of hydrogen-bond acceptors (Lipinski definition) is 6. The topological polar surface area (TPSA) is 127 Å². The van der Waals surface area contributed by atoms with Crippen molar-refractivity contribution < 1.29 is 19.9 Å². The summed E-state index contributed by atoms with van der Waals surface area (Å²) in [6.45, 7) is 0. The van der Waals surface area contributed by atoms with Crippen molar-refractivity contribution in [2.45, 2.75) is 0 Å². The maximum absolute atomic E-state index is 10.4. The number of rotatable bonds is 3. The van der Waals surface area contributed by atoms with Crippen LogP contribution in [0.2, 0.25) is 0 Å². The van der Waals surface area contributed by atoms with Crippen molar-refractivity contribution in [3.8, 4) is 0 Å². The van der Waals surface area contributed by atoms with Gasteiger partial charge in [-0.25, -0.2) is 0 Å². The lowest BCUT2D eigenvalue weighted by Gasteiger charge is -1.99. The van der Waals surface area contributed by atoms with Gasteiger partial charge in [-0.15, -0.1) is 0 Å². The third-order valence-corrected chi connectivity index (χ3v) is 1.64. The van der Waals surface area contributed by atoms with Crippen LogP contribution in [0.4, 0.5) is 11.4 Å². The second-order valence-electron chi connectivity index (χ2n) is 2.67. The first-order valence-electron chi connectivity index (χ1n) is 3.71. The number of nitro benzene ring substituents is 2. The van der Waals surface area contributed by atoms with E-state index in [1.54, 1.807) is 0 Å². The van der Waals surface area contributed by atoms with Gasteiger partial charge in [0.25, 0.3) is 11.4 Å². The molecule has 78 valence electrons. The van der Waals surface area contributed by atoms with Crippen molar-refractivity contribution >= 4 is 24.0 Å². The van der Waals surface area contributed by atoms with E-state index < -0.39 is 28.3 Å². The average molecular weight is 212 g/mol. The van der Waals surface area contributed by atoms with Gasteiger partial charge in [-0.1, -0.05) is 0 Å². The lowest BCUT2D eigenvalue weighted by Crippen LogP contribution is -2.30. The Morgan fingerprint density at radius 2 is 1.40 bits per heavy atom. The second-order valence-corrected chi connectivity index (χ2v) is 2.67. The van der Waals surface area contributed by atoms with E-state index in [2.05, 4.69) is 0 Å². The van der Waals surface area contributed by atoms with Gasteiger partial charge in [0.05, 0.1) is 15.9 Å². The Balaban J connectivity index is 3.32. The van der Waals surface area contributed by atoms with Gasteiger partial charge in [0.2, 0.25) is 0 Å². The molecule has 1 aromatic rings. The van der Waals surface area contributed by atoms with Gasteiger partial charge in [-0.05, 0) is 5.46 Å². The molecule has 1 aromatic carbocycles. The van der Waals surface area contributed by atoms with Crippen LogP contribution in [-0.2, 0) is 0 Å². The standard InChI is InChI=1S/C6H5BN2O6/c10-7(11)4-1-5(8(12)13)3-6(2-4)9(14)15/h1-3,10-11H. The zero-order valence-corrected chi connectivity index (χ0v) is 7.23. The van der Waals surface area contributed by atoms with Crippen LogP contribution < -0.4 is 5.46 Å². The van der Waals surface area contributed by atoms with Gasteiger partial charge in [0.15, 0.2) is 0 Å². The van der Waals surface area contributed by atoms with E-state index >= 15 is 0 Å². The fourth-order valence-corrected chi connectivity index (χ4v) is 0.978. The first-order chi connectivity index (χ1) is 6.91. The quantitative estimate of drug-likeness (QED) is 0.382. The van der Waals surface area contributed by atoms with Crippen LogP contribution in [0, 0.1) is 20.2 Å². The lowest BCUT2D eigenvalue weighted by molar-refractivity contribution is -0.394. The number of hydrogen-bond donors (Lipinski definition) is 2. The minimum absolute atomic E-state index is 0.295. The first-order valence-corrected chi connectivity index (χ1v) is 3.71. The summed E-state index contributed by atoms with van der Waals surface area (Å²) in [7, 11) is -1.98. The molecule has 0 aliphatic rings. The molecule has 0 saturated carbocycles. The highest BCUT2D eigenvalue weighted by molar-refractivity contribution is 6.58. The third kappa shape index (κ3) is 2.48. The molecule has 0 radical (unpaired) electrons. The molecule has 0 aromatic heterocycles. The fourth-order valence-electron chi connectivity index (χ4n) is 0.978. The highest BCUT2D eigenvalue weighted by atomic mass is 16.6. The number of benzene rings is 1. The van der Waals surface area contributed by atoms with Crippen molar-refractivity contribution in [1.82, 2.24) is 0 Å². The molecule has 0 amide bonds. The third-order valence-electron chi connectivity index (χ3n) is 1.64. The van der Waals surface area contributed by atoms with E-state index in [1.165, 1.54) is 0 Å². The minimum Gasteiger partial charge on any atom is -0.423 e. The zero-order chi connectivity index (χ0) is 11.6. The maximum atomic E-state index is 10.4. The van der Waals surface area contributed by atoms with E-state index in [0.717, 1.165) is 18.2 Å². The summed E-state index contributed by atoms with van der Waals surface area (Å²) < 4.78 is 0. The molecule has 15 heavy (non-hydrogen) atoms. The number of nitrogens with zero attached hydrogens (tertiary/aromatic N) is 2.